The predicted octanol–water partition coefficient (Wildman–Crippen LogP) is 5.95. The van der Waals surface area contributed by atoms with Gasteiger partial charge in [-0.1, -0.05) is 35.3 Å². The Kier molecular flexibility index (Phi) is 8.47. The molecule has 6 rings (SSSR count). The van der Waals surface area contributed by atoms with E-state index >= 15 is 0 Å². The summed E-state index contributed by atoms with van der Waals surface area (Å²) in [5, 5.41) is 10.1. The Bertz CT molecular complexity index is 1600. The summed E-state index contributed by atoms with van der Waals surface area (Å²) < 4.78 is 20.1. The van der Waals surface area contributed by atoms with Crippen molar-refractivity contribution in [2.75, 3.05) is 19.7 Å². The van der Waals surface area contributed by atoms with E-state index in [-0.39, 0.29) is 11.7 Å². The highest BCUT2D eigenvalue weighted by molar-refractivity contribution is 6.35. The summed E-state index contributed by atoms with van der Waals surface area (Å²) in [5.74, 6) is 1.34. The number of nitrogens with zero attached hydrogens (tertiary/aromatic N) is 3. The number of carboxylic acids is 1. The highest BCUT2D eigenvalue weighted by Crippen LogP contribution is 2.30. The number of ether oxygens (including phenoxy) is 3. The van der Waals surface area contributed by atoms with Gasteiger partial charge in [0, 0.05) is 31.3 Å². The number of fused-ring (bicyclic) bond motifs is 1. The zero-order chi connectivity index (χ0) is 29.3. The van der Waals surface area contributed by atoms with Crippen molar-refractivity contribution in [2.45, 2.75) is 50.3 Å². The van der Waals surface area contributed by atoms with Gasteiger partial charge in [-0.15, -0.1) is 0 Å². The molecule has 42 heavy (non-hydrogen) atoms. The number of carbonyl (C=O) groups is 1. The molecule has 11 heteroatoms. The number of aromatic nitrogens is 2. The summed E-state index contributed by atoms with van der Waals surface area (Å²) in [6.45, 7) is 4.01. The van der Waals surface area contributed by atoms with Crippen LogP contribution in [-0.2, 0) is 24.4 Å². The molecular weight excluding hydrogens is 593 g/mol. The third-order valence-electron chi connectivity index (χ3n) is 7.76. The molecule has 0 amide bonds. The first-order valence-corrected chi connectivity index (χ1v) is 15.2. The van der Waals surface area contributed by atoms with E-state index in [1.54, 1.807) is 36.4 Å². The number of benzene rings is 3. The molecule has 217 valence electrons. The van der Waals surface area contributed by atoms with Crippen molar-refractivity contribution in [1.29, 1.82) is 0 Å². The Labute approximate surface area is 257 Å². The number of hydrogen-bond donors (Lipinski definition) is 1. The van der Waals surface area contributed by atoms with Crippen LogP contribution in [-0.4, -0.2) is 66.8 Å². The Balaban J connectivity index is 1.08. The first-order valence-electron chi connectivity index (χ1n) is 13.9. The van der Waals surface area contributed by atoms with Crippen molar-refractivity contribution < 1.29 is 24.1 Å². The van der Waals surface area contributed by atoms with Gasteiger partial charge in [0.05, 0.1) is 43.6 Å². The van der Waals surface area contributed by atoms with Crippen LogP contribution >= 0.6 is 23.2 Å². The van der Waals surface area contributed by atoms with Gasteiger partial charge < -0.3 is 23.9 Å². The lowest BCUT2D eigenvalue weighted by Gasteiger charge is -2.39. The highest BCUT2D eigenvalue weighted by Gasteiger charge is 2.35. The lowest BCUT2D eigenvalue weighted by Crippen LogP contribution is -2.48. The molecule has 1 aromatic heterocycles. The SMILES string of the molecule is O=C(O)c1ccc2nc(CN3CCC(Oc4cccc(COc5ccc(Cl)cc5Cl)c4)CC3)n(C[C@@]3([Si])CCO3)c2c1. The van der Waals surface area contributed by atoms with Crippen LogP contribution in [0.5, 0.6) is 11.5 Å². The van der Waals surface area contributed by atoms with Gasteiger partial charge in [-0.25, -0.2) is 9.78 Å². The van der Waals surface area contributed by atoms with Crippen molar-refractivity contribution in [3.05, 3.63) is 87.7 Å². The zero-order valence-electron chi connectivity index (χ0n) is 22.9. The fourth-order valence-corrected chi connectivity index (χ4v) is 6.20. The average Bonchev–Trinajstić information content (AvgIpc) is 3.28. The van der Waals surface area contributed by atoms with Crippen molar-refractivity contribution in [3.63, 3.8) is 0 Å². The smallest absolute Gasteiger partial charge is 0.335 e. The van der Waals surface area contributed by atoms with Crippen LogP contribution in [0.1, 0.15) is 41.0 Å². The number of halogens is 2. The number of aromatic carboxylic acids is 1. The summed E-state index contributed by atoms with van der Waals surface area (Å²) >= 11 is 12.2. The van der Waals surface area contributed by atoms with Crippen LogP contribution in [0.4, 0.5) is 0 Å². The fraction of sp³-hybridized carbons (Fsp3) is 0.355. The molecule has 0 unspecified atom stereocenters. The van der Waals surface area contributed by atoms with Crippen LogP contribution < -0.4 is 9.47 Å². The van der Waals surface area contributed by atoms with Crippen LogP contribution in [0, 0.1) is 0 Å². The number of carboxylic acid groups (broad SMARTS) is 1. The molecule has 1 atom stereocenters. The van der Waals surface area contributed by atoms with Gasteiger partial charge in [-0.3, -0.25) is 4.90 Å². The maximum Gasteiger partial charge on any atom is 0.335 e. The van der Waals surface area contributed by atoms with E-state index < -0.39 is 11.2 Å². The number of rotatable bonds is 10. The van der Waals surface area contributed by atoms with Gasteiger partial charge in [-0.05, 0) is 73.4 Å². The van der Waals surface area contributed by atoms with Crippen molar-refractivity contribution in [1.82, 2.24) is 14.5 Å². The standard InChI is InChI=1S/C31H30Cl2N3O5Si/c32-22-5-7-28(25(33)16-22)39-18-20-2-1-3-24(14-20)41-23-8-11-35(12-9-23)17-29-34-26-6-4-21(30(37)38)15-27(26)36(29)19-31(42)10-13-40-31/h1-7,14-16,23H,8-13,17-19H2,(H,37,38)/t31-/m0/s1. The molecule has 2 aliphatic heterocycles. The molecule has 2 saturated heterocycles. The summed E-state index contributed by atoms with van der Waals surface area (Å²) in [5.41, 5.74) is 2.82. The first-order chi connectivity index (χ1) is 20.2. The van der Waals surface area contributed by atoms with E-state index in [9.17, 15) is 9.90 Å². The summed E-state index contributed by atoms with van der Waals surface area (Å²) in [4.78, 5) is 18.9. The number of piperidine rings is 1. The van der Waals surface area contributed by atoms with Crippen LogP contribution in [0.15, 0.2) is 60.7 Å². The Morgan fingerprint density at radius 3 is 2.64 bits per heavy atom. The Morgan fingerprint density at radius 1 is 1.12 bits per heavy atom. The molecule has 2 aliphatic rings. The number of hydrogen-bond acceptors (Lipinski definition) is 6. The normalized spacial score (nSPS) is 19.5. The van der Waals surface area contributed by atoms with Gasteiger partial charge in [0.15, 0.2) is 0 Å². The van der Waals surface area contributed by atoms with E-state index in [2.05, 4.69) is 19.7 Å². The molecule has 3 aromatic carbocycles. The zero-order valence-corrected chi connectivity index (χ0v) is 25.4. The topological polar surface area (TPSA) is 86.0 Å². The van der Waals surface area contributed by atoms with E-state index in [1.807, 2.05) is 24.3 Å². The molecule has 0 saturated carbocycles. The van der Waals surface area contributed by atoms with Gasteiger partial charge in [0.2, 0.25) is 0 Å². The molecule has 2 fully saturated rings. The summed E-state index contributed by atoms with van der Waals surface area (Å²) in [7, 11) is 3.78. The van der Waals surface area contributed by atoms with Crippen LogP contribution in [0.2, 0.25) is 10.0 Å². The van der Waals surface area contributed by atoms with Gasteiger partial charge >= 0.3 is 5.97 Å². The first kappa shape index (κ1) is 29.0. The lowest BCUT2D eigenvalue weighted by atomic mass is 10.1. The van der Waals surface area contributed by atoms with Crippen molar-refractivity contribution in [2.24, 2.45) is 0 Å². The van der Waals surface area contributed by atoms with E-state index in [1.165, 1.54) is 0 Å². The molecule has 8 nitrogen and oxygen atoms in total. The number of likely N-dealkylation sites (tertiary alicyclic amines) is 1. The third-order valence-corrected chi connectivity index (χ3v) is 8.84. The predicted molar refractivity (Wildman–Crippen MR) is 162 cm³/mol. The number of imidazole rings is 1. The second kappa shape index (κ2) is 12.3. The minimum Gasteiger partial charge on any atom is -0.490 e. The molecule has 3 heterocycles. The quantitative estimate of drug-likeness (QED) is 0.219. The van der Waals surface area contributed by atoms with Crippen molar-refractivity contribution >= 4 is 50.4 Å². The van der Waals surface area contributed by atoms with Crippen LogP contribution in [0.25, 0.3) is 11.0 Å². The molecule has 1 N–H and O–H groups in total. The van der Waals surface area contributed by atoms with Gasteiger partial charge in [0.1, 0.15) is 30.0 Å². The monoisotopic (exact) mass is 622 g/mol. The molecule has 3 radical (unpaired) electrons. The summed E-state index contributed by atoms with van der Waals surface area (Å²) in [6.07, 6.45) is 2.76. The third kappa shape index (κ3) is 6.60. The van der Waals surface area contributed by atoms with E-state index in [4.69, 9.17) is 42.4 Å². The maximum atomic E-state index is 11.6. The van der Waals surface area contributed by atoms with Crippen LogP contribution in [0.3, 0.4) is 0 Å². The molecule has 0 spiro atoms. The Hall–Kier alpha value is -3.08. The fourth-order valence-electron chi connectivity index (χ4n) is 5.37. The van der Waals surface area contributed by atoms with Crippen molar-refractivity contribution in [3.8, 4) is 11.5 Å². The minimum atomic E-state index is -0.953. The maximum absolute atomic E-state index is 11.6. The highest BCUT2D eigenvalue weighted by atomic mass is 35.5. The van der Waals surface area contributed by atoms with Gasteiger partial charge in [0.25, 0.3) is 0 Å². The van der Waals surface area contributed by atoms with Gasteiger partial charge in [-0.2, -0.15) is 0 Å². The molecule has 4 aromatic rings. The molecule has 0 aliphatic carbocycles. The largest absolute Gasteiger partial charge is 0.490 e. The molecular formula is C31H30Cl2N3O5Si. The Morgan fingerprint density at radius 2 is 1.93 bits per heavy atom. The molecule has 0 bridgehead atoms. The van der Waals surface area contributed by atoms with E-state index in [0.717, 1.165) is 60.5 Å². The average molecular weight is 624 g/mol. The van der Waals surface area contributed by atoms with E-state index in [0.29, 0.717) is 42.1 Å². The second-order valence-electron chi connectivity index (χ2n) is 10.8. The summed E-state index contributed by atoms with van der Waals surface area (Å²) in [6, 6.07) is 18.2. The lowest BCUT2D eigenvalue weighted by molar-refractivity contribution is -0.0947. The minimum absolute atomic E-state index is 0.106. The second-order valence-corrected chi connectivity index (χ2v) is 12.6.